The summed E-state index contributed by atoms with van der Waals surface area (Å²) in [6.45, 7) is 0.239. The van der Waals surface area contributed by atoms with Crippen LogP contribution in [0.2, 0.25) is 0 Å². The van der Waals surface area contributed by atoms with Gasteiger partial charge in [0.2, 0.25) is 0 Å². The van der Waals surface area contributed by atoms with Crippen molar-refractivity contribution in [2.45, 2.75) is 6.61 Å². The number of hydrogen-bond donors (Lipinski definition) is 0. The van der Waals surface area contributed by atoms with Crippen LogP contribution in [0.25, 0.3) is 0 Å². The van der Waals surface area contributed by atoms with Crippen molar-refractivity contribution in [2.24, 2.45) is 0 Å². The molecular weight excluding hydrogens is 313 g/mol. The van der Waals surface area contributed by atoms with Gasteiger partial charge in [-0.1, -0.05) is 30.3 Å². The van der Waals surface area contributed by atoms with Crippen molar-refractivity contribution in [3.8, 4) is 11.5 Å². The lowest BCUT2D eigenvalue weighted by Crippen LogP contribution is -2.44. The third-order valence-electron chi connectivity index (χ3n) is 3.96. The van der Waals surface area contributed by atoms with Crippen LogP contribution in [0.5, 0.6) is 11.5 Å². The molecule has 4 nitrogen and oxygen atoms in total. The first-order valence-corrected chi connectivity index (χ1v) is 8.09. The van der Waals surface area contributed by atoms with Gasteiger partial charge in [0.25, 0.3) is 0 Å². The molecule has 0 aliphatic heterocycles. The Morgan fingerprint density at radius 1 is 0.760 bits per heavy atom. The highest BCUT2D eigenvalue weighted by Crippen LogP contribution is 2.10. The molecule has 0 atom stereocenters. The minimum atomic E-state index is -0.196. The van der Waals surface area contributed by atoms with Crippen LogP contribution in [0.4, 0.5) is 0 Å². The van der Waals surface area contributed by atoms with Crippen LogP contribution in [0.15, 0.2) is 72.9 Å². The zero-order valence-electron chi connectivity index (χ0n) is 14.4. The fourth-order valence-corrected chi connectivity index (χ4v) is 2.59. The second-order valence-electron chi connectivity index (χ2n) is 5.56. The van der Waals surface area contributed by atoms with Gasteiger partial charge in [-0.15, -0.1) is 0 Å². The molecule has 3 rings (SSSR count). The van der Waals surface area contributed by atoms with Gasteiger partial charge in [0.15, 0.2) is 0 Å². The van der Waals surface area contributed by atoms with E-state index in [1.54, 1.807) is 20.4 Å². The molecule has 0 bridgehead atoms. The summed E-state index contributed by atoms with van der Waals surface area (Å²) in [5.41, 5.74) is 3.01. The Balaban J connectivity index is 1.86. The van der Waals surface area contributed by atoms with Crippen LogP contribution < -0.4 is 20.4 Å². The molecule has 0 aliphatic rings. The van der Waals surface area contributed by atoms with E-state index in [1.165, 1.54) is 0 Å². The molecule has 1 heterocycles. The molecule has 0 radical (unpaired) electrons. The Hall–Kier alpha value is -2.79. The van der Waals surface area contributed by atoms with Gasteiger partial charge in [-0.25, -0.2) is 0 Å². The van der Waals surface area contributed by atoms with Crippen LogP contribution in [-0.2, 0) is 11.3 Å². The molecule has 0 N–H and O–H groups in total. The fourth-order valence-electron chi connectivity index (χ4n) is 2.59. The van der Waals surface area contributed by atoms with Gasteiger partial charge in [-0.05, 0) is 47.3 Å². The standard InChI is InChI=1S/C20H20BNO3/c1-23-19-10-6-16(7-11-19)21(17-8-12-20(24-2)13-9-17)25-15-18-5-3-4-14-22-18/h3-14H,15H2,1-2H3. The van der Waals surface area contributed by atoms with E-state index < -0.39 is 0 Å². The molecule has 0 spiro atoms. The van der Waals surface area contributed by atoms with Gasteiger partial charge in [0, 0.05) is 6.20 Å². The molecule has 2 aromatic carbocycles. The smallest absolute Gasteiger partial charge is 0.361 e. The summed E-state index contributed by atoms with van der Waals surface area (Å²) in [6.07, 6.45) is 1.77. The SMILES string of the molecule is COc1ccc(B(OCc2ccccn2)c2ccc(OC)cc2)cc1. The zero-order chi connectivity index (χ0) is 17.5. The van der Waals surface area contributed by atoms with Crippen LogP contribution in [0, 0.1) is 0 Å². The lowest BCUT2D eigenvalue weighted by molar-refractivity contribution is 0.316. The average Bonchev–Trinajstić information content (AvgIpc) is 2.70. The first-order chi connectivity index (χ1) is 12.3. The summed E-state index contributed by atoms with van der Waals surface area (Å²) in [5, 5.41) is 0. The maximum Gasteiger partial charge on any atom is 0.361 e. The van der Waals surface area contributed by atoms with Crippen molar-refractivity contribution < 1.29 is 14.1 Å². The van der Waals surface area contributed by atoms with Gasteiger partial charge in [-0.3, -0.25) is 4.98 Å². The fraction of sp³-hybridized carbons (Fsp3) is 0.150. The Kier molecular flexibility index (Phi) is 5.70. The largest absolute Gasteiger partial charge is 0.497 e. The van der Waals surface area contributed by atoms with Crippen LogP contribution >= 0.6 is 0 Å². The summed E-state index contributed by atoms with van der Waals surface area (Å²) < 4.78 is 16.7. The quantitative estimate of drug-likeness (QED) is 0.623. The lowest BCUT2D eigenvalue weighted by Gasteiger charge is -2.16. The number of benzene rings is 2. The maximum absolute atomic E-state index is 6.20. The number of methoxy groups -OCH3 is 2. The molecule has 0 fully saturated rings. The van der Waals surface area contributed by atoms with Crippen molar-refractivity contribution in [3.05, 3.63) is 78.6 Å². The van der Waals surface area contributed by atoms with E-state index in [1.807, 2.05) is 66.7 Å². The number of rotatable bonds is 7. The third-order valence-corrected chi connectivity index (χ3v) is 3.96. The molecule has 1 aromatic heterocycles. The summed E-state index contributed by atoms with van der Waals surface area (Å²) in [7, 11) is 3.32. The minimum absolute atomic E-state index is 0.196. The van der Waals surface area contributed by atoms with Gasteiger partial charge < -0.3 is 14.1 Å². The molecule has 126 valence electrons. The maximum atomic E-state index is 6.20. The van der Waals surface area contributed by atoms with Crippen molar-refractivity contribution in [1.29, 1.82) is 0 Å². The van der Waals surface area contributed by atoms with Crippen molar-refractivity contribution in [2.75, 3.05) is 14.2 Å². The average molecular weight is 333 g/mol. The molecule has 0 aliphatic carbocycles. The first kappa shape index (κ1) is 17.1. The number of nitrogens with zero attached hydrogens (tertiary/aromatic N) is 1. The van der Waals surface area contributed by atoms with Crippen molar-refractivity contribution >= 4 is 17.8 Å². The van der Waals surface area contributed by atoms with Crippen LogP contribution in [0.3, 0.4) is 0 Å². The minimum Gasteiger partial charge on any atom is -0.497 e. The van der Waals surface area contributed by atoms with E-state index >= 15 is 0 Å². The number of pyridine rings is 1. The molecule has 5 heteroatoms. The lowest BCUT2D eigenvalue weighted by atomic mass is 9.55. The summed E-state index contributed by atoms with van der Waals surface area (Å²) in [6, 6.07) is 21.7. The summed E-state index contributed by atoms with van der Waals surface area (Å²) in [5.74, 6) is 1.64. The monoisotopic (exact) mass is 333 g/mol. The molecule has 0 saturated heterocycles. The molecule has 0 unspecified atom stereocenters. The van der Waals surface area contributed by atoms with E-state index in [9.17, 15) is 0 Å². The van der Waals surface area contributed by atoms with Gasteiger partial charge in [-0.2, -0.15) is 0 Å². The van der Waals surface area contributed by atoms with Gasteiger partial charge in [0.1, 0.15) is 11.5 Å². The Morgan fingerprint density at radius 3 is 1.76 bits per heavy atom. The number of ether oxygens (including phenoxy) is 2. The van der Waals surface area contributed by atoms with Crippen LogP contribution in [0.1, 0.15) is 5.69 Å². The van der Waals surface area contributed by atoms with E-state index in [2.05, 4.69) is 4.98 Å². The van der Waals surface area contributed by atoms with E-state index in [0.29, 0.717) is 6.61 Å². The summed E-state index contributed by atoms with van der Waals surface area (Å²) >= 11 is 0. The third kappa shape index (κ3) is 4.40. The Morgan fingerprint density at radius 2 is 1.32 bits per heavy atom. The number of aromatic nitrogens is 1. The predicted octanol–water partition coefficient (Wildman–Crippen LogP) is 2.42. The highest BCUT2D eigenvalue weighted by Gasteiger charge is 2.22. The zero-order valence-corrected chi connectivity index (χ0v) is 14.4. The Bertz CT molecular complexity index is 729. The molecule has 0 amide bonds. The van der Waals surface area contributed by atoms with Crippen LogP contribution in [-0.4, -0.2) is 26.1 Å². The predicted molar refractivity (Wildman–Crippen MR) is 100 cm³/mol. The van der Waals surface area contributed by atoms with E-state index in [0.717, 1.165) is 28.1 Å². The second kappa shape index (κ2) is 8.35. The topological polar surface area (TPSA) is 40.6 Å². The van der Waals surface area contributed by atoms with Crippen molar-refractivity contribution in [1.82, 2.24) is 4.98 Å². The molecule has 25 heavy (non-hydrogen) atoms. The molecule has 0 saturated carbocycles. The highest BCUT2D eigenvalue weighted by molar-refractivity contribution is 6.80. The molecular formula is C20H20BNO3. The molecule has 3 aromatic rings. The second-order valence-corrected chi connectivity index (χ2v) is 5.56. The Labute approximate surface area is 148 Å². The number of hydrogen-bond acceptors (Lipinski definition) is 4. The van der Waals surface area contributed by atoms with Gasteiger partial charge >= 0.3 is 6.92 Å². The van der Waals surface area contributed by atoms with Crippen molar-refractivity contribution in [3.63, 3.8) is 0 Å². The van der Waals surface area contributed by atoms with E-state index in [4.69, 9.17) is 14.1 Å². The van der Waals surface area contributed by atoms with Gasteiger partial charge in [0.05, 0.1) is 26.5 Å². The normalized spacial score (nSPS) is 10.3. The summed E-state index contributed by atoms with van der Waals surface area (Å²) in [4.78, 5) is 4.33. The highest BCUT2D eigenvalue weighted by atomic mass is 16.5. The van der Waals surface area contributed by atoms with E-state index in [-0.39, 0.29) is 6.92 Å². The first-order valence-electron chi connectivity index (χ1n) is 8.09.